The summed E-state index contributed by atoms with van der Waals surface area (Å²) in [4.78, 5) is 0. The second-order valence-electron chi connectivity index (χ2n) is 3.49. The van der Waals surface area contributed by atoms with Gasteiger partial charge in [-0.25, -0.2) is 0 Å². The van der Waals surface area contributed by atoms with Crippen LogP contribution in [0.1, 0.15) is 16.9 Å². The molecule has 0 saturated heterocycles. The quantitative estimate of drug-likeness (QED) is 0.830. The molecule has 0 aliphatic heterocycles. The van der Waals surface area contributed by atoms with E-state index in [-0.39, 0.29) is 0 Å². The molecule has 0 aliphatic rings. The molecule has 0 fully saturated rings. The van der Waals surface area contributed by atoms with Crippen LogP contribution in [0.4, 0.5) is 0 Å². The van der Waals surface area contributed by atoms with E-state index >= 15 is 0 Å². The molecule has 1 aromatic heterocycles. The Balaban J connectivity index is 1.93. The lowest BCUT2D eigenvalue weighted by molar-refractivity contribution is 0.0930. The molecule has 17 heavy (non-hydrogen) atoms. The molecule has 1 heterocycles. The Labute approximate surface area is 104 Å². The van der Waals surface area contributed by atoms with Crippen LogP contribution in [0.3, 0.4) is 0 Å². The Morgan fingerprint density at radius 2 is 2.18 bits per heavy atom. The van der Waals surface area contributed by atoms with Gasteiger partial charge in [-0.3, -0.25) is 0 Å². The maximum atomic E-state index is 8.70. The fourth-order valence-electron chi connectivity index (χ4n) is 1.39. The van der Waals surface area contributed by atoms with E-state index in [1.165, 1.54) is 0 Å². The molecule has 0 unspecified atom stereocenters. The van der Waals surface area contributed by atoms with Crippen molar-refractivity contribution in [1.29, 1.82) is 5.26 Å². The predicted octanol–water partition coefficient (Wildman–Crippen LogP) is 3.52. The number of rotatable bonds is 4. The first-order chi connectivity index (χ1) is 8.29. The third-order valence-corrected chi connectivity index (χ3v) is 2.62. The summed E-state index contributed by atoms with van der Waals surface area (Å²) in [6, 6.07) is 10.8. The number of nitriles is 1. The topological polar surface area (TPSA) is 46.2 Å². The number of furan rings is 1. The van der Waals surface area contributed by atoms with E-state index in [2.05, 4.69) is 0 Å². The first kappa shape index (κ1) is 11.7. The van der Waals surface area contributed by atoms with E-state index in [0.29, 0.717) is 23.8 Å². The van der Waals surface area contributed by atoms with Gasteiger partial charge in [0.05, 0.1) is 24.5 Å². The molecule has 0 amide bonds. The van der Waals surface area contributed by atoms with Crippen molar-refractivity contribution in [2.45, 2.75) is 13.2 Å². The van der Waals surface area contributed by atoms with Gasteiger partial charge in [-0.2, -0.15) is 5.26 Å². The van der Waals surface area contributed by atoms with E-state index in [4.69, 9.17) is 26.0 Å². The summed E-state index contributed by atoms with van der Waals surface area (Å²) in [7, 11) is 0. The number of halogens is 1. The second kappa shape index (κ2) is 5.53. The van der Waals surface area contributed by atoms with Gasteiger partial charge in [0, 0.05) is 5.02 Å². The zero-order chi connectivity index (χ0) is 12.1. The van der Waals surface area contributed by atoms with Crippen LogP contribution in [0.15, 0.2) is 41.0 Å². The van der Waals surface area contributed by atoms with Crippen molar-refractivity contribution in [1.82, 2.24) is 0 Å². The molecule has 1 aromatic carbocycles. The Hall–Kier alpha value is -1.76. The molecule has 0 aliphatic carbocycles. The van der Waals surface area contributed by atoms with Crippen molar-refractivity contribution in [3.63, 3.8) is 0 Å². The molecule has 0 atom stereocenters. The average Bonchev–Trinajstić information content (AvgIpc) is 2.84. The SMILES string of the molecule is N#Cc1ccc(COCc2ccco2)c(Cl)c1. The third-order valence-electron chi connectivity index (χ3n) is 2.26. The molecule has 86 valence electrons. The van der Waals surface area contributed by atoms with Crippen LogP contribution in [-0.2, 0) is 18.0 Å². The molecule has 0 N–H and O–H groups in total. The Bertz CT molecular complexity index is 529. The van der Waals surface area contributed by atoms with Crippen LogP contribution in [0.25, 0.3) is 0 Å². The number of benzene rings is 1. The molecule has 0 spiro atoms. The minimum absolute atomic E-state index is 0.394. The number of ether oxygens (including phenoxy) is 1. The number of hydrogen-bond acceptors (Lipinski definition) is 3. The normalized spacial score (nSPS) is 10.1. The second-order valence-corrected chi connectivity index (χ2v) is 3.90. The van der Waals surface area contributed by atoms with Crippen LogP contribution in [-0.4, -0.2) is 0 Å². The Kier molecular flexibility index (Phi) is 3.81. The smallest absolute Gasteiger partial charge is 0.129 e. The highest BCUT2D eigenvalue weighted by atomic mass is 35.5. The van der Waals surface area contributed by atoms with Crippen LogP contribution in [0.2, 0.25) is 5.02 Å². The summed E-state index contributed by atoms with van der Waals surface area (Å²) in [6.07, 6.45) is 1.60. The van der Waals surface area contributed by atoms with Gasteiger partial charge in [0.1, 0.15) is 12.4 Å². The lowest BCUT2D eigenvalue weighted by Crippen LogP contribution is -1.94. The number of hydrogen-bond donors (Lipinski definition) is 0. The predicted molar refractivity (Wildman–Crippen MR) is 63.4 cm³/mol. The van der Waals surface area contributed by atoms with Crippen LogP contribution in [0.5, 0.6) is 0 Å². The standard InChI is InChI=1S/C13H10ClNO2/c14-13-6-10(7-15)3-4-11(13)8-16-9-12-2-1-5-17-12/h1-6H,8-9H2. The van der Waals surface area contributed by atoms with Crippen LogP contribution < -0.4 is 0 Å². The van der Waals surface area contributed by atoms with Crippen molar-refractivity contribution in [2.75, 3.05) is 0 Å². The van der Waals surface area contributed by atoms with E-state index < -0.39 is 0 Å². The Morgan fingerprint density at radius 1 is 1.29 bits per heavy atom. The summed E-state index contributed by atoms with van der Waals surface area (Å²) < 4.78 is 10.6. The summed E-state index contributed by atoms with van der Waals surface area (Å²) in [5.41, 5.74) is 1.40. The Morgan fingerprint density at radius 3 is 2.82 bits per heavy atom. The van der Waals surface area contributed by atoms with Crippen molar-refractivity contribution in [3.05, 3.63) is 58.5 Å². The van der Waals surface area contributed by atoms with E-state index in [1.807, 2.05) is 18.2 Å². The van der Waals surface area contributed by atoms with E-state index in [0.717, 1.165) is 11.3 Å². The highest BCUT2D eigenvalue weighted by molar-refractivity contribution is 6.31. The highest BCUT2D eigenvalue weighted by Gasteiger charge is 2.03. The zero-order valence-electron chi connectivity index (χ0n) is 9.02. The molecular weight excluding hydrogens is 238 g/mol. The van der Waals surface area contributed by atoms with Gasteiger partial charge in [0.25, 0.3) is 0 Å². The average molecular weight is 248 g/mol. The van der Waals surface area contributed by atoms with Crippen molar-refractivity contribution in [3.8, 4) is 6.07 Å². The fraction of sp³-hybridized carbons (Fsp3) is 0.154. The van der Waals surface area contributed by atoms with Crippen molar-refractivity contribution < 1.29 is 9.15 Å². The zero-order valence-corrected chi connectivity index (χ0v) is 9.78. The molecule has 0 bridgehead atoms. The van der Waals surface area contributed by atoms with Gasteiger partial charge < -0.3 is 9.15 Å². The number of nitrogens with zero attached hydrogens (tertiary/aromatic N) is 1. The summed E-state index contributed by atoms with van der Waals surface area (Å²) in [5, 5.41) is 9.25. The first-order valence-electron chi connectivity index (χ1n) is 5.08. The van der Waals surface area contributed by atoms with Crippen molar-refractivity contribution in [2.24, 2.45) is 0 Å². The monoisotopic (exact) mass is 247 g/mol. The van der Waals surface area contributed by atoms with E-state index in [1.54, 1.807) is 24.5 Å². The minimum Gasteiger partial charge on any atom is -0.467 e. The maximum absolute atomic E-state index is 8.70. The molecule has 2 rings (SSSR count). The molecule has 0 saturated carbocycles. The van der Waals surface area contributed by atoms with Crippen LogP contribution >= 0.6 is 11.6 Å². The van der Waals surface area contributed by atoms with Gasteiger partial charge in [-0.15, -0.1) is 0 Å². The van der Waals surface area contributed by atoms with Crippen LogP contribution in [0, 0.1) is 11.3 Å². The lowest BCUT2D eigenvalue weighted by atomic mass is 10.1. The minimum atomic E-state index is 0.394. The summed E-state index contributed by atoms with van der Waals surface area (Å²) in [5.74, 6) is 0.773. The molecular formula is C13H10ClNO2. The van der Waals surface area contributed by atoms with E-state index in [9.17, 15) is 0 Å². The largest absolute Gasteiger partial charge is 0.467 e. The van der Waals surface area contributed by atoms with Gasteiger partial charge in [-0.05, 0) is 29.8 Å². The lowest BCUT2D eigenvalue weighted by Gasteiger charge is -2.05. The first-order valence-corrected chi connectivity index (χ1v) is 5.46. The molecule has 0 radical (unpaired) electrons. The molecule has 4 heteroatoms. The van der Waals surface area contributed by atoms with Crippen molar-refractivity contribution >= 4 is 11.6 Å². The summed E-state index contributed by atoms with van der Waals surface area (Å²) >= 11 is 6.01. The highest BCUT2D eigenvalue weighted by Crippen LogP contribution is 2.19. The molecule has 2 aromatic rings. The van der Waals surface area contributed by atoms with Gasteiger partial charge in [-0.1, -0.05) is 17.7 Å². The fourth-order valence-corrected chi connectivity index (χ4v) is 1.63. The van der Waals surface area contributed by atoms with Gasteiger partial charge in [0.15, 0.2) is 0 Å². The molecule has 3 nitrogen and oxygen atoms in total. The third kappa shape index (κ3) is 3.10. The summed E-state index contributed by atoms with van der Waals surface area (Å²) in [6.45, 7) is 0.800. The van der Waals surface area contributed by atoms with Gasteiger partial charge in [0.2, 0.25) is 0 Å². The maximum Gasteiger partial charge on any atom is 0.129 e. The van der Waals surface area contributed by atoms with Gasteiger partial charge >= 0.3 is 0 Å².